The maximum atomic E-state index is 12.9. The molecule has 2 aromatic heterocycles. The number of aromatic nitrogens is 1. The van der Waals surface area contributed by atoms with Gasteiger partial charge in [0, 0.05) is 17.6 Å². The Labute approximate surface area is 156 Å². The Hall–Kier alpha value is -3.78. The lowest BCUT2D eigenvalue weighted by Crippen LogP contribution is -2.05. The van der Waals surface area contributed by atoms with E-state index in [1.54, 1.807) is 6.07 Å². The summed E-state index contributed by atoms with van der Waals surface area (Å²) in [6.45, 7) is 0.190. The van der Waals surface area contributed by atoms with Crippen LogP contribution in [0.5, 0.6) is 5.75 Å². The van der Waals surface area contributed by atoms with E-state index in [9.17, 15) is 4.79 Å². The summed E-state index contributed by atoms with van der Waals surface area (Å²) in [5.74, 6) is 0.208. The molecule has 0 atom stereocenters. The van der Waals surface area contributed by atoms with Gasteiger partial charge in [0.1, 0.15) is 18.4 Å². The van der Waals surface area contributed by atoms with E-state index in [2.05, 4.69) is 0 Å². The quantitative estimate of drug-likeness (QED) is 0.499. The third-order valence-corrected chi connectivity index (χ3v) is 4.33. The molecule has 0 radical (unpaired) electrons. The van der Waals surface area contributed by atoms with Crippen molar-refractivity contribution in [2.75, 3.05) is 6.61 Å². The van der Waals surface area contributed by atoms with Gasteiger partial charge in [-0.05, 0) is 29.8 Å². The van der Waals surface area contributed by atoms with E-state index >= 15 is 0 Å². The highest BCUT2D eigenvalue weighted by Gasteiger charge is 2.20. The Kier molecular flexibility index (Phi) is 4.46. The Bertz CT molecular complexity index is 1160. The summed E-state index contributed by atoms with van der Waals surface area (Å²) in [6, 6.07) is 22.6. The first-order chi connectivity index (χ1) is 13.3. The molecule has 0 N–H and O–H groups in total. The zero-order valence-corrected chi connectivity index (χ0v) is 14.5. The van der Waals surface area contributed by atoms with Crippen molar-refractivity contribution >= 4 is 22.4 Å². The largest absolute Gasteiger partial charge is 0.479 e. The minimum absolute atomic E-state index is 0.0270. The molecule has 0 spiro atoms. The van der Waals surface area contributed by atoms with Gasteiger partial charge in [-0.15, -0.1) is 0 Å². The van der Waals surface area contributed by atoms with E-state index in [0.29, 0.717) is 11.3 Å². The van der Waals surface area contributed by atoms with Crippen LogP contribution in [0.1, 0.15) is 15.9 Å². The third-order valence-electron chi connectivity index (χ3n) is 4.33. The average molecular weight is 356 g/mol. The first-order valence-electron chi connectivity index (χ1n) is 8.51. The molecule has 132 valence electrons. The monoisotopic (exact) mass is 356 g/mol. The second-order valence-electron chi connectivity index (χ2n) is 6.02. The van der Waals surface area contributed by atoms with Crippen LogP contribution in [0.2, 0.25) is 0 Å². The molecule has 0 aliphatic carbocycles. The van der Waals surface area contributed by atoms with Gasteiger partial charge in [0.25, 0.3) is 0 Å². The zero-order chi connectivity index (χ0) is 18.6. The SMILES string of the molecule is N#CCOc1ccc2c(C(=O)OCc3ccccc3)c3ccccn3c2c1. The van der Waals surface area contributed by atoms with Crippen LogP contribution in [0.15, 0.2) is 72.9 Å². The van der Waals surface area contributed by atoms with Gasteiger partial charge < -0.3 is 13.9 Å². The molecular formula is C22H16N2O3. The molecule has 5 heteroatoms. The highest BCUT2D eigenvalue weighted by molar-refractivity contribution is 6.11. The molecule has 0 unspecified atom stereocenters. The predicted octanol–water partition coefficient (Wildman–Crippen LogP) is 4.35. The first kappa shape index (κ1) is 16.7. The Morgan fingerprint density at radius 2 is 1.81 bits per heavy atom. The van der Waals surface area contributed by atoms with Crippen molar-refractivity contribution < 1.29 is 14.3 Å². The minimum atomic E-state index is -0.372. The van der Waals surface area contributed by atoms with Crippen LogP contribution in [0.3, 0.4) is 0 Å². The molecule has 0 aliphatic rings. The molecule has 2 heterocycles. The van der Waals surface area contributed by atoms with Crippen molar-refractivity contribution in [1.29, 1.82) is 5.26 Å². The summed E-state index contributed by atoms with van der Waals surface area (Å²) in [5.41, 5.74) is 3.05. The van der Waals surface area contributed by atoms with Gasteiger partial charge in [-0.25, -0.2) is 4.79 Å². The smallest absolute Gasteiger partial charge is 0.341 e. The maximum absolute atomic E-state index is 12.9. The third kappa shape index (κ3) is 3.21. The van der Waals surface area contributed by atoms with Gasteiger partial charge in [-0.2, -0.15) is 5.26 Å². The van der Waals surface area contributed by atoms with Crippen molar-refractivity contribution in [3.63, 3.8) is 0 Å². The maximum Gasteiger partial charge on any atom is 0.341 e. The number of ether oxygens (including phenoxy) is 2. The van der Waals surface area contributed by atoms with Crippen molar-refractivity contribution in [2.24, 2.45) is 0 Å². The van der Waals surface area contributed by atoms with E-state index in [0.717, 1.165) is 22.0 Å². The summed E-state index contributed by atoms with van der Waals surface area (Å²) in [5, 5.41) is 9.48. The van der Waals surface area contributed by atoms with Crippen LogP contribution >= 0.6 is 0 Å². The fourth-order valence-corrected chi connectivity index (χ4v) is 3.13. The fraction of sp³-hybridized carbons (Fsp3) is 0.0909. The first-order valence-corrected chi connectivity index (χ1v) is 8.51. The molecule has 0 amide bonds. The predicted molar refractivity (Wildman–Crippen MR) is 102 cm³/mol. The molecule has 2 aromatic carbocycles. The summed E-state index contributed by atoms with van der Waals surface area (Å²) in [6.07, 6.45) is 1.89. The number of hydrogen-bond donors (Lipinski definition) is 0. The van der Waals surface area contributed by atoms with Crippen LogP contribution in [0, 0.1) is 11.3 Å². The average Bonchev–Trinajstić information content (AvgIpc) is 3.05. The second kappa shape index (κ2) is 7.22. The number of carbonyl (C=O) groups excluding carboxylic acids is 1. The molecular weight excluding hydrogens is 340 g/mol. The normalized spacial score (nSPS) is 10.6. The number of nitrogens with zero attached hydrogens (tertiary/aromatic N) is 2. The molecule has 4 rings (SSSR count). The summed E-state index contributed by atoms with van der Waals surface area (Å²) in [4.78, 5) is 12.9. The van der Waals surface area contributed by atoms with Gasteiger partial charge in [0.05, 0.1) is 16.6 Å². The van der Waals surface area contributed by atoms with Gasteiger partial charge in [-0.1, -0.05) is 36.4 Å². The summed E-state index contributed by atoms with van der Waals surface area (Å²) >= 11 is 0. The standard InChI is InChI=1S/C22H16N2O3/c23-11-13-26-17-9-10-18-20(14-17)24-12-5-4-8-19(24)21(18)22(25)27-15-16-6-2-1-3-7-16/h1-10,12,14H,13,15H2. The van der Waals surface area contributed by atoms with E-state index in [1.807, 2.05) is 77.3 Å². The molecule has 0 aliphatic heterocycles. The van der Waals surface area contributed by atoms with Gasteiger partial charge >= 0.3 is 5.97 Å². The van der Waals surface area contributed by atoms with E-state index < -0.39 is 0 Å². The lowest BCUT2D eigenvalue weighted by Gasteiger charge is -2.05. The number of rotatable bonds is 5. The van der Waals surface area contributed by atoms with Crippen LogP contribution in [-0.2, 0) is 11.3 Å². The van der Waals surface area contributed by atoms with Crippen molar-refractivity contribution in [3.8, 4) is 11.8 Å². The van der Waals surface area contributed by atoms with Crippen LogP contribution in [-0.4, -0.2) is 17.0 Å². The van der Waals surface area contributed by atoms with E-state index in [1.165, 1.54) is 0 Å². The van der Waals surface area contributed by atoms with Crippen molar-refractivity contribution in [2.45, 2.75) is 6.61 Å². The van der Waals surface area contributed by atoms with Gasteiger partial charge in [0.2, 0.25) is 0 Å². The van der Waals surface area contributed by atoms with Crippen molar-refractivity contribution in [3.05, 3.63) is 84.1 Å². The Morgan fingerprint density at radius 3 is 2.63 bits per heavy atom. The Morgan fingerprint density at radius 1 is 1.00 bits per heavy atom. The minimum Gasteiger partial charge on any atom is -0.479 e. The molecule has 5 nitrogen and oxygen atoms in total. The number of hydrogen-bond acceptors (Lipinski definition) is 4. The molecule has 0 fully saturated rings. The molecule has 0 saturated carbocycles. The second-order valence-corrected chi connectivity index (χ2v) is 6.02. The number of nitriles is 1. The summed E-state index contributed by atoms with van der Waals surface area (Å²) in [7, 11) is 0. The van der Waals surface area contributed by atoms with Crippen molar-refractivity contribution in [1.82, 2.24) is 4.40 Å². The summed E-state index contributed by atoms with van der Waals surface area (Å²) < 4.78 is 12.9. The molecule has 27 heavy (non-hydrogen) atoms. The van der Waals surface area contributed by atoms with Crippen LogP contribution in [0.4, 0.5) is 0 Å². The topological polar surface area (TPSA) is 63.7 Å². The fourth-order valence-electron chi connectivity index (χ4n) is 3.13. The Balaban J connectivity index is 1.74. The van der Waals surface area contributed by atoms with Gasteiger partial charge in [0.15, 0.2) is 6.61 Å². The number of pyridine rings is 1. The highest BCUT2D eigenvalue weighted by Crippen LogP contribution is 2.30. The van der Waals surface area contributed by atoms with Crippen LogP contribution < -0.4 is 4.74 Å². The number of benzene rings is 2. The lowest BCUT2D eigenvalue weighted by atomic mass is 10.1. The molecule has 0 bridgehead atoms. The number of fused-ring (bicyclic) bond motifs is 3. The zero-order valence-electron chi connectivity index (χ0n) is 14.5. The molecule has 4 aromatic rings. The highest BCUT2D eigenvalue weighted by atomic mass is 16.5. The number of carbonyl (C=O) groups is 1. The van der Waals surface area contributed by atoms with E-state index in [4.69, 9.17) is 14.7 Å². The van der Waals surface area contributed by atoms with E-state index in [-0.39, 0.29) is 19.2 Å². The van der Waals surface area contributed by atoms with Crippen LogP contribution in [0.25, 0.3) is 16.4 Å². The van der Waals surface area contributed by atoms with Gasteiger partial charge in [-0.3, -0.25) is 0 Å². The lowest BCUT2D eigenvalue weighted by molar-refractivity contribution is 0.0477. The molecule has 0 saturated heterocycles. The number of esters is 1.